The van der Waals surface area contributed by atoms with Crippen molar-refractivity contribution in [1.82, 2.24) is 0 Å². The van der Waals surface area contributed by atoms with Crippen LogP contribution in [0.3, 0.4) is 0 Å². The van der Waals surface area contributed by atoms with Gasteiger partial charge in [0.25, 0.3) is 0 Å². The summed E-state index contributed by atoms with van der Waals surface area (Å²) in [5, 5.41) is 9.49. The minimum atomic E-state index is -3.75. The Bertz CT molecular complexity index is 657. The van der Waals surface area contributed by atoms with Gasteiger partial charge in [-0.25, -0.2) is 0 Å². The smallest absolute Gasteiger partial charge is 0.0920 e. The Morgan fingerprint density at radius 1 is 1.69 bits per heavy atom. The quantitative estimate of drug-likeness (QED) is 0.849. The van der Waals surface area contributed by atoms with E-state index in [9.17, 15) is 5.11 Å². The molecule has 0 saturated carbocycles. The zero-order chi connectivity index (χ0) is 19.1. The standard InChI is InChI=1S/C9H12BrNOS/c10-8-1-2-9(13-8)11-5-3-7(12)4-6-11/h1-2,7,12H,3-6H2/i1D,2D,3D2,4D2,5D2,6D2,7D. The lowest BCUT2D eigenvalue weighted by atomic mass is 10.1. The van der Waals surface area contributed by atoms with Crippen molar-refractivity contribution in [3.63, 3.8) is 0 Å². The van der Waals surface area contributed by atoms with Gasteiger partial charge in [0, 0.05) is 24.0 Å². The first-order chi connectivity index (χ1) is 10.5. The second-order valence-corrected chi connectivity index (χ2v) is 4.41. The summed E-state index contributed by atoms with van der Waals surface area (Å²) in [6.45, 7) is -6.77. The summed E-state index contributed by atoms with van der Waals surface area (Å²) in [7, 11) is 0. The van der Waals surface area contributed by atoms with Crippen molar-refractivity contribution in [3.05, 3.63) is 15.9 Å². The van der Waals surface area contributed by atoms with Gasteiger partial charge in [0.2, 0.25) is 0 Å². The average Bonchev–Trinajstić information content (AvgIpc) is 2.64. The van der Waals surface area contributed by atoms with Crippen LogP contribution in [0.25, 0.3) is 0 Å². The highest BCUT2D eigenvalue weighted by Crippen LogP contribution is 2.31. The van der Waals surface area contributed by atoms with Gasteiger partial charge in [-0.1, -0.05) is 0 Å². The second kappa shape index (κ2) is 3.98. The van der Waals surface area contributed by atoms with E-state index < -0.39 is 48.9 Å². The minimum Gasteiger partial charge on any atom is -0.393 e. The van der Waals surface area contributed by atoms with Crippen molar-refractivity contribution >= 4 is 32.3 Å². The van der Waals surface area contributed by atoms with Crippen LogP contribution >= 0.6 is 27.3 Å². The molecule has 0 spiro atoms. The molecule has 1 fully saturated rings. The fraction of sp³-hybridized carbons (Fsp3) is 0.556. The van der Waals surface area contributed by atoms with E-state index in [2.05, 4.69) is 15.9 Å². The van der Waals surface area contributed by atoms with Gasteiger partial charge in [-0.05, 0) is 40.8 Å². The molecule has 1 N–H and O–H groups in total. The number of nitrogens with zero attached hydrogens (tertiary/aromatic N) is 1. The van der Waals surface area contributed by atoms with Crippen LogP contribution in [0.2, 0.25) is 0 Å². The zero-order valence-corrected chi connectivity index (χ0v) is 8.58. The van der Waals surface area contributed by atoms with Crippen LogP contribution in [0.5, 0.6) is 0 Å². The first-order valence-corrected chi connectivity index (χ1v) is 4.85. The summed E-state index contributed by atoms with van der Waals surface area (Å²) in [6, 6.07) is -1.02. The van der Waals surface area contributed by atoms with Crippen molar-refractivity contribution in [3.8, 4) is 0 Å². The molecule has 2 nitrogen and oxygen atoms in total. The second-order valence-electron chi connectivity index (χ2n) is 2.09. The third-order valence-corrected chi connectivity index (χ3v) is 2.67. The number of rotatable bonds is 1. The van der Waals surface area contributed by atoms with Crippen LogP contribution < -0.4 is 4.90 Å². The summed E-state index contributed by atoms with van der Waals surface area (Å²) in [4.78, 5) is 0.0683. The number of hydrogen-bond donors (Lipinski definition) is 1. The van der Waals surface area contributed by atoms with Crippen molar-refractivity contribution in [1.29, 1.82) is 0 Å². The molecule has 0 radical (unpaired) electrons. The van der Waals surface area contributed by atoms with E-state index in [4.69, 9.17) is 15.1 Å². The van der Waals surface area contributed by atoms with E-state index in [-0.39, 0.29) is 8.69 Å². The average molecular weight is 273 g/mol. The first kappa shape index (κ1) is 2.97. The van der Waals surface area contributed by atoms with E-state index in [1.54, 1.807) is 0 Å². The third-order valence-electron chi connectivity index (χ3n) is 1.23. The lowest BCUT2D eigenvalue weighted by Gasteiger charge is -2.30. The molecule has 1 aromatic heterocycles. The summed E-state index contributed by atoms with van der Waals surface area (Å²) in [6.07, 6.45) is -10.9. The van der Waals surface area contributed by atoms with Gasteiger partial charge < -0.3 is 10.0 Å². The lowest BCUT2D eigenvalue weighted by Crippen LogP contribution is -2.35. The van der Waals surface area contributed by atoms with Gasteiger partial charge in [-0.15, -0.1) is 11.3 Å². The highest BCUT2D eigenvalue weighted by Gasteiger charge is 2.17. The largest absolute Gasteiger partial charge is 0.393 e. The Labute approximate surface area is 106 Å². The Morgan fingerprint density at radius 3 is 2.92 bits per heavy atom. The van der Waals surface area contributed by atoms with Crippen LogP contribution in [-0.4, -0.2) is 24.2 Å². The summed E-state index contributed by atoms with van der Waals surface area (Å²) >= 11 is 3.52. The van der Waals surface area contributed by atoms with Crippen molar-refractivity contribution in [2.24, 2.45) is 0 Å². The number of halogens is 1. The molecule has 72 valence electrons. The van der Waals surface area contributed by atoms with E-state index in [0.29, 0.717) is 11.3 Å². The molecule has 13 heavy (non-hydrogen) atoms. The predicted octanol–water partition coefficient (Wildman–Crippen LogP) is 2.47. The van der Waals surface area contributed by atoms with Crippen LogP contribution in [0, 0.1) is 0 Å². The molecule has 1 aromatic rings. The summed E-state index contributed by atoms with van der Waals surface area (Å²) in [5.41, 5.74) is 0. The predicted molar refractivity (Wildman–Crippen MR) is 59.5 cm³/mol. The molecular formula is C9H12BrNOS. The van der Waals surface area contributed by atoms with Gasteiger partial charge in [-0.3, -0.25) is 0 Å². The topological polar surface area (TPSA) is 23.5 Å². The van der Waals surface area contributed by atoms with E-state index in [1.165, 1.54) is 0 Å². The maximum absolute atomic E-state index is 10.0. The number of anilines is 1. The first-order valence-electron chi connectivity index (χ1n) is 8.74. The normalized spacial score (nSPS) is 49.7. The number of piperidine rings is 1. The molecule has 0 bridgehead atoms. The van der Waals surface area contributed by atoms with Crippen molar-refractivity contribution in [2.45, 2.75) is 18.8 Å². The Hall–Kier alpha value is -0.0600. The number of hydrogen-bond acceptors (Lipinski definition) is 3. The Balaban J connectivity index is 2.86. The van der Waals surface area contributed by atoms with Gasteiger partial charge in [-0.2, -0.15) is 0 Å². The van der Waals surface area contributed by atoms with E-state index >= 15 is 0 Å². The molecule has 1 aliphatic heterocycles. The van der Waals surface area contributed by atoms with E-state index in [0.717, 1.165) is 0 Å². The molecule has 0 atom stereocenters. The van der Waals surface area contributed by atoms with Gasteiger partial charge in [0.05, 0.1) is 19.0 Å². The number of thiophene rings is 1. The Kier molecular flexibility index (Phi) is 0.909. The zero-order valence-electron chi connectivity index (χ0n) is 17.2. The molecule has 2 heterocycles. The van der Waals surface area contributed by atoms with Crippen LogP contribution in [0.4, 0.5) is 5.00 Å². The maximum Gasteiger partial charge on any atom is 0.0920 e. The van der Waals surface area contributed by atoms with Gasteiger partial charge >= 0.3 is 0 Å². The fourth-order valence-corrected chi connectivity index (χ4v) is 1.83. The van der Waals surface area contributed by atoms with Crippen LogP contribution in [0.1, 0.15) is 27.8 Å². The molecule has 0 aromatic carbocycles. The third kappa shape index (κ3) is 2.24. The maximum atomic E-state index is 10.0. The lowest BCUT2D eigenvalue weighted by molar-refractivity contribution is 0.145. The summed E-state index contributed by atoms with van der Waals surface area (Å²) in [5.74, 6) is 0. The van der Waals surface area contributed by atoms with Gasteiger partial charge in [0.15, 0.2) is 0 Å². The Morgan fingerprint density at radius 2 is 2.38 bits per heavy atom. The monoisotopic (exact) mass is 272 g/mol. The highest BCUT2D eigenvalue weighted by atomic mass is 79.9. The molecule has 0 amide bonds. The van der Waals surface area contributed by atoms with E-state index in [1.807, 2.05) is 0 Å². The molecule has 1 saturated heterocycles. The molecule has 0 unspecified atom stereocenters. The van der Waals surface area contributed by atoms with Crippen molar-refractivity contribution < 1.29 is 20.2 Å². The van der Waals surface area contributed by atoms with Crippen molar-refractivity contribution in [2.75, 3.05) is 17.9 Å². The SMILES string of the molecule is [2H]c1c(Br)sc(N2C([2H])([2H])C([2H])([2H])C([2H])(O)C([2H])([2H])C2([2H])[2H])c1[2H]. The number of aliphatic hydroxyl groups is 1. The molecule has 4 heteroatoms. The minimum absolute atomic E-state index is 0.0573. The van der Waals surface area contributed by atoms with Gasteiger partial charge in [0.1, 0.15) is 0 Å². The van der Waals surface area contributed by atoms with Crippen LogP contribution in [-0.2, 0) is 0 Å². The molecular weight excluding hydrogens is 250 g/mol. The molecule has 0 aliphatic carbocycles. The highest BCUT2D eigenvalue weighted by molar-refractivity contribution is 9.11. The molecule has 1 aliphatic rings. The fourth-order valence-electron chi connectivity index (χ4n) is 0.719. The van der Waals surface area contributed by atoms with Crippen LogP contribution in [0.15, 0.2) is 15.9 Å². The molecule has 2 rings (SSSR count). The summed E-state index contributed by atoms with van der Waals surface area (Å²) < 4.78 is 86.1.